The molecule has 0 bridgehead atoms. The first-order valence-electron chi connectivity index (χ1n) is 8.13. The zero-order valence-electron chi connectivity index (χ0n) is 13.0. The molecule has 1 amide bonds. The van der Waals surface area contributed by atoms with Gasteiger partial charge in [-0.05, 0) is 49.8 Å². The lowest BCUT2D eigenvalue weighted by molar-refractivity contribution is -0.136. The van der Waals surface area contributed by atoms with E-state index in [1.165, 1.54) is 6.42 Å². The maximum atomic E-state index is 12.6. The van der Waals surface area contributed by atoms with Crippen LogP contribution >= 0.6 is 0 Å². The third-order valence-corrected chi connectivity index (χ3v) is 5.21. The molecule has 1 aromatic rings. The molecular weight excluding hydrogens is 264 g/mol. The fourth-order valence-electron chi connectivity index (χ4n) is 3.64. The molecule has 0 aromatic carbocycles. The molecule has 2 N–H and O–H groups in total. The van der Waals surface area contributed by atoms with Crippen molar-refractivity contribution in [2.24, 2.45) is 23.5 Å². The van der Waals surface area contributed by atoms with Gasteiger partial charge in [0, 0.05) is 18.9 Å². The molecule has 0 saturated heterocycles. The van der Waals surface area contributed by atoms with Crippen molar-refractivity contribution in [1.29, 1.82) is 0 Å². The van der Waals surface area contributed by atoms with E-state index < -0.39 is 0 Å². The van der Waals surface area contributed by atoms with Crippen LogP contribution in [0.15, 0.2) is 16.5 Å². The first kappa shape index (κ1) is 14.6. The van der Waals surface area contributed by atoms with Crippen molar-refractivity contribution < 1.29 is 9.21 Å². The Hall–Kier alpha value is -1.29. The second kappa shape index (κ2) is 5.84. The molecule has 1 aromatic heterocycles. The third-order valence-electron chi connectivity index (χ3n) is 5.21. The van der Waals surface area contributed by atoms with Crippen molar-refractivity contribution in [3.63, 3.8) is 0 Å². The van der Waals surface area contributed by atoms with Crippen LogP contribution in [0.4, 0.5) is 0 Å². The molecule has 0 spiro atoms. The summed E-state index contributed by atoms with van der Waals surface area (Å²) in [6.07, 6.45) is 4.41. The van der Waals surface area contributed by atoms with Crippen LogP contribution in [0.1, 0.15) is 50.0 Å². The molecule has 1 heterocycles. The molecule has 21 heavy (non-hydrogen) atoms. The smallest absolute Gasteiger partial charge is 0.226 e. The summed E-state index contributed by atoms with van der Waals surface area (Å²) in [6, 6.07) is 4.08. The van der Waals surface area contributed by atoms with Crippen LogP contribution in [0.5, 0.6) is 0 Å². The number of nitrogens with two attached hydrogens (primary N) is 1. The molecule has 4 atom stereocenters. The van der Waals surface area contributed by atoms with Crippen LogP contribution in [0.25, 0.3) is 0 Å². The van der Waals surface area contributed by atoms with Gasteiger partial charge in [0.1, 0.15) is 11.5 Å². The summed E-state index contributed by atoms with van der Waals surface area (Å²) in [4.78, 5) is 14.4. The molecule has 2 aliphatic carbocycles. The Morgan fingerprint density at radius 3 is 2.86 bits per heavy atom. The zero-order chi connectivity index (χ0) is 15.0. The highest BCUT2D eigenvalue weighted by atomic mass is 16.3. The van der Waals surface area contributed by atoms with E-state index in [0.717, 1.165) is 36.7 Å². The van der Waals surface area contributed by atoms with Gasteiger partial charge in [0.05, 0.1) is 6.54 Å². The lowest BCUT2D eigenvalue weighted by Crippen LogP contribution is -2.36. The highest BCUT2D eigenvalue weighted by Crippen LogP contribution is 2.47. The maximum absolute atomic E-state index is 12.6. The van der Waals surface area contributed by atoms with E-state index in [1.54, 1.807) is 4.90 Å². The largest absolute Gasteiger partial charge is 0.464 e. The van der Waals surface area contributed by atoms with Crippen molar-refractivity contribution in [3.8, 4) is 0 Å². The predicted octanol–water partition coefficient (Wildman–Crippen LogP) is 2.74. The predicted molar refractivity (Wildman–Crippen MR) is 81.6 cm³/mol. The van der Waals surface area contributed by atoms with Crippen molar-refractivity contribution >= 4 is 5.91 Å². The molecule has 2 fully saturated rings. The molecule has 4 heteroatoms. The highest BCUT2D eigenvalue weighted by molar-refractivity contribution is 5.79. The third kappa shape index (κ3) is 3.00. The Morgan fingerprint density at radius 2 is 2.19 bits per heavy atom. The van der Waals surface area contributed by atoms with Crippen LogP contribution in [-0.2, 0) is 11.3 Å². The Balaban J connectivity index is 1.59. The molecule has 0 radical (unpaired) electrons. The summed E-state index contributed by atoms with van der Waals surface area (Å²) in [5, 5.41) is 0. The fraction of sp³-hybridized carbons (Fsp3) is 0.706. The normalized spacial score (nSPS) is 31.4. The Kier molecular flexibility index (Phi) is 4.07. The van der Waals surface area contributed by atoms with E-state index in [-0.39, 0.29) is 11.8 Å². The first-order valence-corrected chi connectivity index (χ1v) is 8.13. The molecule has 4 nitrogen and oxygen atoms in total. The second-order valence-electron chi connectivity index (χ2n) is 6.85. The summed E-state index contributed by atoms with van der Waals surface area (Å²) in [7, 11) is 1.87. The Bertz CT molecular complexity index is 511. The Labute approximate surface area is 126 Å². The summed E-state index contributed by atoms with van der Waals surface area (Å²) >= 11 is 0. The van der Waals surface area contributed by atoms with E-state index in [2.05, 4.69) is 13.0 Å². The number of hydrogen-bond donors (Lipinski definition) is 1. The van der Waals surface area contributed by atoms with Crippen molar-refractivity contribution in [1.82, 2.24) is 4.90 Å². The molecule has 3 rings (SSSR count). The van der Waals surface area contributed by atoms with Gasteiger partial charge < -0.3 is 15.1 Å². The minimum atomic E-state index is 0.109. The van der Waals surface area contributed by atoms with Crippen LogP contribution in [0.3, 0.4) is 0 Å². The number of rotatable bonds is 5. The van der Waals surface area contributed by atoms with Crippen molar-refractivity contribution in [3.05, 3.63) is 23.7 Å². The maximum Gasteiger partial charge on any atom is 0.226 e. The quantitative estimate of drug-likeness (QED) is 0.907. The van der Waals surface area contributed by atoms with Crippen LogP contribution < -0.4 is 5.73 Å². The average Bonchev–Trinajstić information content (AvgIpc) is 2.92. The summed E-state index contributed by atoms with van der Waals surface area (Å²) in [6.45, 7) is 3.43. The lowest BCUT2D eigenvalue weighted by atomic mass is 9.95. The summed E-state index contributed by atoms with van der Waals surface area (Å²) in [5.41, 5.74) is 5.78. The van der Waals surface area contributed by atoms with Gasteiger partial charge in [0.25, 0.3) is 0 Å². The van der Waals surface area contributed by atoms with E-state index in [4.69, 9.17) is 10.2 Å². The molecule has 4 unspecified atom stereocenters. The number of amides is 1. The van der Waals surface area contributed by atoms with Gasteiger partial charge in [-0.2, -0.15) is 0 Å². The van der Waals surface area contributed by atoms with Crippen molar-refractivity contribution in [2.45, 2.75) is 45.1 Å². The zero-order valence-corrected chi connectivity index (χ0v) is 13.0. The van der Waals surface area contributed by atoms with Gasteiger partial charge in [-0.25, -0.2) is 0 Å². The van der Waals surface area contributed by atoms with Gasteiger partial charge in [-0.15, -0.1) is 0 Å². The number of nitrogens with zero attached hydrogens (tertiary/aromatic N) is 1. The van der Waals surface area contributed by atoms with E-state index in [9.17, 15) is 4.79 Å². The van der Waals surface area contributed by atoms with Crippen LogP contribution in [0, 0.1) is 17.8 Å². The minimum Gasteiger partial charge on any atom is -0.464 e. The lowest BCUT2D eigenvalue weighted by Gasteiger charge is -2.23. The van der Waals surface area contributed by atoms with Crippen LogP contribution in [0.2, 0.25) is 0 Å². The molecule has 116 valence electrons. The van der Waals surface area contributed by atoms with Gasteiger partial charge in [0.2, 0.25) is 5.91 Å². The Morgan fingerprint density at radius 1 is 1.43 bits per heavy atom. The molecular formula is C17H26N2O2. The number of carbonyl (C=O) groups excluding carboxylic acids is 1. The standard InChI is InChI=1S/C17H26N2O2/c1-11-8-15(11)16-7-6-13(21-16)10-19(2)17(20)14-5-3-4-12(14)9-18/h6-7,11-12,14-15H,3-5,8-10,18H2,1-2H3. The van der Waals surface area contributed by atoms with E-state index >= 15 is 0 Å². The number of furan rings is 1. The summed E-state index contributed by atoms with van der Waals surface area (Å²) < 4.78 is 5.90. The molecule has 0 aliphatic heterocycles. The van der Waals surface area contributed by atoms with E-state index in [0.29, 0.717) is 24.9 Å². The number of hydrogen-bond acceptors (Lipinski definition) is 3. The monoisotopic (exact) mass is 290 g/mol. The van der Waals surface area contributed by atoms with Gasteiger partial charge in [0.15, 0.2) is 0 Å². The van der Waals surface area contributed by atoms with Gasteiger partial charge >= 0.3 is 0 Å². The fourth-order valence-corrected chi connectivity index (χ4v) is 3.64. The van der Waals surface area contributed by atoms with Gasteiger partial charge in [-0.1, -0.05) is 13.3 Å². The van der Waals surface area contributed by atoms with Crippen LogP contribution in [-0.4, -0.2) is 24.4 Å². The van der Waals surface area contributed by atoms with Gasteiger partial charge in [-0.3, -0.25) is 4.79 Å². The molecule has 2 saturated carbocycles. The van der Waals surface area contributed by atoms with E-state index in [1.807, 2.05) is 13.1 Å². The molecule has 2 aliphatic rings. The number of carbonyl (C=O) groups is 1. The summed E-state index contributed by atoms with van der Waals surface area (Å²) in [5.74, 6) is 4.00. The highest BCUT2D eigenvalue weighted by Gasteiger charge is 2.37. The van der Waals surface area contributed by atoms with Crippen molar-refractivity contribution in [2.75, 3.05) is 13.6 Å². The SMILES string of the molecule is CC1CC1c1ccc(CN(C)C(=O)C2CCCC2CN)o1. The average molecular weight is 290 g/mol. The first-order chi connectivity index (χ1) is 10.1. The topological polar surface area (TPSA) is 59.5 Å². The second-order valence-corrected chi connectivity index (χ2v) is 6.85. The minimum absolute atomic E-state index is 0.109.